The molecule has 0 fully saturated rings. The van der Waals surface area contributed by atoms with E-state index in [1.807, 2.05) is 63.2 Å². The summed E-state index contributed by atoms with van der Waals surface area (Å²) < 4.78 is 29.5. The molecule has 7 nitrogen and oxygen atoms in total. The third-order valence-electron chi connectivity index (χ3n) is 7.22. The highest BCUT2D eigenvalue weighted by atomic mass is 35.5. The summed E-state index contributed by atoms with van der Waals surface area (Å²) in [5.41, 5.74) is 3.56. The standard InChI is InChI=1S/C35H38ClN3O4S/c1-25(2)37-35(41)33(22-28-12-6-5-7-13-28)38(23-29-14-10-15-30(36)21-29)34(40)24-39(32-16-9-8-11-27(32)4)44(42,43)31-19-17-26(3)18-20-31/h5-21,25,33H,22-24H2,1-4H3,(H,37,41). The summed E-state index contributed by atoms with van der Waals surface area (Å²) in [7, 11) is -4.16. The lowest BCUT2D eigenvalue weighted by Crippen LogP contribution is -2.54. The van der Waals surface area contributed by atoms with Crippen molar-refractivity contribution in [1.29, 1.82) is 0 Å². The van der Waals surface area contributed by atoms with Crippen molar-refractivity contribution in [1.82, 2.24) is 10.2 Å². The van der Waals surface area contributed by atoms with E-state index in [1.54, 1.807) is 67.6 Å². The second-order valence-corrected chi connectivity index (χ2v) is 13.4. The van der Waals surface area contributed by atoms with E-state index in [2.05, 4.69) is 5.32 Å². The number of nitrogens with one attached hydrogen (secondary N) is 1. The number of hydrogen-bond acceptors (Lipinski definition) is 4. The van der Waals surface area contributed by atoms with Crippen LogP contribution in [0.1, 0.15) is 36.1 Å². The minimum atomic E-state index is -4.16. The number of carbonyl (C=O) groups excluding carboxylic acids is 2. The maximum atomic E-state index is 14.5. The molecule has 0 aliphatic rings. The van der Waals surface area contributed by atoms with Gasteiger partial charge in [0.25, 0.3) is 10.0 Å². The van der Waals surface area contributed by atoms with E-state index in [1.165, 1.54) is 4.90 Å². The number of anilines is 1. The Bertz CT molecular complexity index is 1690. The van der Waals surface area contributed by atoms with Crippen LogP contribution in [0.3, 0.4) is 0 Å². The molecule has 4 aromatic rings. The topological polar surface area (TPSA) is 86.8 Å². The Labute approximate surface area is 265 Å². The predicted octanol–water partition coefficient (Wildman–Crippen LogP) is 6.32. The number of sulfonamides is 1. The van der Waals surface area contributed by atoms with Gasteiger partial charge in [0.2, 0.25) is 11.8 Å². The summed E-state index contributed by atoms with van der Waals surface area (Å²) in [4.78, 5) is 29.8. The highest BCUT2D eigenvalue weighted by molar-refractivity contribution is 7.92. The van der Waals surface area contributed by atoms with Gasteiger partial charge in [0, 0.05) is 24.0 Å². The SMILES string of the molecule is Cc1ccc(S(=O)(=O)N(CC(=O)N(Cc2cccc(Cl)c2)C(Cc2ccccc2)C(=O)NC(C)C)c2ccccc2C)cc1. The highest BCUT2D eigenvalue weighted by Gasteiger charge is 2.35. The normalized spacial score (nSPS) is 12.0. The lowest BCUT2D eigenvalue weighted by atomic mass is 10.0. The van der Waals surface area contributed by atoms with E-state index in [9.17, 15) is 18.0 Å². The highest BCUT2D eigenvalue weighted by Crippen LogP contribution is 2.28. The maximum Gasteiger partial charge on any atom is 0.264 e. The largest absolute Gasteiger partial charge is 0.352 e. The fourth-order valence-electron chi connectivity index (χ4n) is 4.96. The smallest absolute Gasteiger partial charge is 0.264 e. The van der Waals surface area contributed by atoms with Gasteiger partial charge in [0.1, 0.15) is 12.6 Å². The molecule has 0 aromatic heterocycles. The van der Waals surface area contributed by atoms with Crippen molar-refractivity contribution in [2.75, 3.05) is 10.8 Å². The van der Waals surface area contributed by atoms with Gasteiger partial charge in [-0.05, 0) is 74.7 Å². The van der Waals surface area contributed by atoms with Gasteiger partial charge in [-0.1, -0.05) is 90.0 Å². The van der Waals surface area contributed by atoms with E-state index in [4.69, 9.17) is 11.6 Å². The molecule has 4 aromatic carbocycles. The fraction of sp³-hybridized carbons (Fsp3) is 0.257. The van der Waals surface area contributed by atoms with Crippen LogP contribution < -0.4 is 9.62 Å². The zero-order chi connectivity index (χ0) is 31.9. The summed E-state index contributed by atoms with van der Waals surface area (Å²) >= 11 is 6.30. The summed E-state index contributed by atoms with van der Waals surface area (Å²) in [6, 6.07) is 29.0. The van der Waals surface area contributed by atoms with Crippen molar-refractivity contribution in [2.24, 2.45) is 0 Å². The number of benzene rings is 4. The molecular weight excluding hydrogens is 594 g/mol. The van der Waals surface area contributed by atoms with Crippen LogP contribution in [-0.2, 0) is 32.6 Å². The number of hydrogen-bond donors (Lipinski definition) is 1. The van der Waals surface area contributed by atoms with Crippen LogP contribution in [0.25, 0.3) is 0 Å². The van der Waals surface area contributed by atoms with Crippen molar-refractivity contribution in [2.45, 2.75) is 57.6 Å². The molecule has 1 atom stereocenters. The lowest BCUT2D eigenvalue weighted by Gasteiger charge is -2.34. The average molecular weight is 632 g/mol. The van der Waals surface area contributed by atoms with E-state index >= 15 is 0 Å². The van der Waals surface area contributed by atoms with Gasteiger partial charge in [-0.15, -0.1) is 0 Å². The molecule has 230 valence electrons. The van der Waals surface area contributed by atoms with Gasteiger partial charge >= 0.3 is 0 Å². The first-order valence-corrected chi connectivity index (χ1v) is 16.3. The zero-order valence-corrected chi connectivity index (χ0v) is 27.0. The molecule has 1 N–H and O–H groups in total. The minimum absolute atomic E-state index is 0.0502. The van der Waals surface area contributed by atoms with Crippen molar-refractivity contribution >= 4 is 39.1 Å². The van der Waals surface area contributed by atoms with Crippen LogP contribution in [0.5, 0.6) is 0 Å². The average Bonchev–Trinajstić information content (AvgIpc) is 2.98. The monoisotopic (exact) mass is 631 g/mol. The van der Waals surface area contributed by atoms with Crippen LogP contribution in [-0.4, -0.2) is 43.8 Å². The Morgan fingerprint density at radius 1 is 0.818 bits per heavy atom. The van der Waals surface area contributed by atoms with Crippen molar-refractivity contribution in [3.05, 3.63) is 130 Å². The number of aryl methyl sites for hydroxylation is 2. The number of halogens is 1. The van der Waals surface area contributed by atoms with Crippen molar-refractivity contribution in [3.8, 4) is 0 Å². The van der Waals surface area contributed by atoms with Gasteiger partial charge in [0.15, 0.2) is 0 Å². The van der Waals surface area contributed by atoms with Crippen molar-refractivity contribution in [3.63, 3.8) is 0 Å². The van der Waals surface area contributed by atoms with Gasteiger partial charge < -0.3 is 10.2 Å². The molecule has 4 rings (SSSR count). The molecule has 0 aliphatic carbocycles. The molecule has 0 bridgehead atoms. The third-order valence-corrected chi connectivity index (χ3v) is 9.23. The molecule has 1 unspecified atom stereocenters. The number of carbonyl (C=O) groups is 2. The molecule has 0 saturated heterocycles. The van der Waals surface area contributed by atoms with Gasteiger partial charge in [-0.25, -0.2) is 8.42 Å². The molecule has 0 aliphatic heterocycles. The zero-order valence-electron chi connectivity index (χ0n) is 25.4. The second-order valence-electron chi connectivity index (χ2n) is 11.1. The quantitative estimate of drug-likeness (QED) is 0.198. The first-order valence-electron chi connectivity index (χ1n) is 14.5. The van der Waals surface area contributed by atoms with E-state index in [0.717, 1.165) is 15.4 Å². The minimum Gasteiger partial charge on any atom is -0.352 e. The van der Waals surface area contributed by atoms with E-state index in [0.29, 0.717) is 21.8 Å². The number of rotatable bonds is 12. The number of amides is 2. The van der Waals surface area contributed by atoms with E-state index in [-0.39, 0.29) is 29.8 Å². The Balaban J connectivity index is 1.82. The molecule has 9 heteroatoms. The Kier molecular flexibility index (Phi) is 10.8. The molecule has 0 heterocycles. The Hall–Kier alpha value is -4.14. The molecular formula is C35H38ClN3O4S. The second kappa shape index (κ2) is 14.6. The maximum absolute atomic E-state index is 14.5. The third kappa shape index (κ3) is 8.27. The first kappa shape index (κ1) is 32.8. The van der Waals surface area contributed by atoms with Crippen molar-refractivity contribution < 1.29 is 18.0 Å². The van der Waals surface area contributed by atoms with E-state index < -0.39 is 28.5 Å². The molecule has 2 amide bonds. The number of para-hydroxylation sites is 1. The van der Waals surface area contributed by atoms with Crippen LogP contribution >= 0.6 is 11.6 Å². The van der Waals surface area contributed by atoms with Gasteiger partial charge in [-0.2, -0.15) is 0 Å². The summed E-state index contributed by atoms with van der Waals surface area (Å²) in [5.74, 6) is -0.855. The summed E-state index contributed by atoms with van der Waals surface area (Å²) in [6.07, 6.45) is 0.237. The van der Waals surface area contributed by atoms with Crippen LogP contribution in [0.2, 0.25) is 5.02 Å². The van der Waals surface area contributed by atoms with Gasteiger partial charge in [0.05, 0.1) is 10.6 Å². The number of nitrogens with zero attached hydrogens (tertiary/aromatic N) is 2. The molecule has 44 heavy (non-hydrogen) atoms. The fourth-order valence-corrected chi connectivity index (χ4v) is 6.65. The van der Waals surface area contributed by atoms with Crippen LogP contribution in [0.15, 0.2) is 108 Å². The molecule has 0 saturated carbocycles. The lowest BCUT2D eigenvalue weighted by molar-refractivity contribution is -0.140. The summed E-state index contributed by atoms with van der Waals surface area (Å²) in [5, 5.41) is 3.45. The summed E-state index contributed by atoms with van der Waals surface area (Å²) in [6.45, 7) is 6.93. The predicted molar refractivity (Wildman–Crippen MR) is 176 cm³/mol. The van der Waals surface area contributed by atoms with Crippen LogP contribution in [0.4, 0.5) is 5.69 Å². The van der Waals surface area contributed by atoms with Crippen LogP contribution in [0, 0.1) is 13.8 Å². The Morgan fingerprint density at radius 3 is 2.09 bits per heavy atom. The molecule has 0 radical (unpaired) electrons. The Morgan fingerprint density at radius 2 is 1.45 bits per heavy atom. The first-order chi connectivity index (χ1) is 21.0. The molecule has 0 spiro atoms. The van der Waals surface area contributed by atoms with Gasteiger partial charge in [-0.3, -0.25) is 13.9 Å².